The minimum atomic E-state index is -0.862. The summed E-state index contributed by atoms with van der Waals surface area (Å²) in [4.78, 5) is 27.7. The number of aryl methyl sites for hydroxylation is 1. The third-order valence-corrected chi connectivity index (χ3v) is 5.78. The Bertz CT molecular complexity index is 835. The SMILES string of the molecule is Cc1ccccc1SCC(=O)O[C@H](C)C(=O)Nc1ccc(N2CCOCC2)cc1. The molecule has 0 saturated carbocycles. The molecule has 0 spiro atoms. The Labute approximate surface area is 175 Å². The maximum absolute atomic E-state index is 12.3. The second kappa shape index (κ2) is 10.3. The third-order valence-electron chi connectivity index (χ3n) is 4.63. The number of hydrogen-bond acceptors (Lipinski definition) is 6. The molecule has 3 rings (SSSR count). The normalized spacial score (nSPS) is 14.9. The summed E-state index contributed by atoms with van der Waals surface area (Å²) >= 11 is 1.41. The van der Waals surface area contributed by atoms with Crippen molar-refractivity contribution in [2.24, 2.45) is 0 Å². The van der Waals surface area contributed by atoms with E-state index in [9.17, 15) is 9.59 Å². The molecule has 2 aromatic rings. The average molecular weight is 415 g/mol. The second-order valence-corrected chi connectivity index (χ2v) is 7.84. The number of nitrogens with zero attached hydrogens (tertiary/aromatic N) is 1. The number of benzene rings is 2. The number of amides is 1. The largest absolute Gasteiger partial charge is 0.452 e. The molecule has 154 valence electrons. The van der Waals surface area contributed by atoms with E-state index >= 15 is 0 Å². The van der Waals surface area contributed by atoms with Gasteiger partial charge in [0.2, 0.25) is 0 Å². The quantitative estimate of drug-likeness (QED) is 0.553. The van der Waals surface area contributed by atoms with E-state index in [1.807, 2.05) is 55.5 Å². The van der Waals surface area contributed by atoms with Gasteiger partial charge in [-0.25, -0.2) is 0 Å². The van der Waals surface area contributed by atoms with Crippen LogP contribution in [0.2, 0.25) is 0 Å². The Morgan fingerprint density at radius 3 is 2.52 bits per heavy atom. The van der Waals surface area contributed by atoms with Gasteiger partial charge in [0.05, 0.1) is 19.0 Å². The fraction of sp³-hybridized carbons (Fsp3) is 0.364. The lowest BCUT2D eigenvalue weighted by Crippen LogP contribution is -2.36. The number of anilines is 2. The molecule has 7 heteroatoms. The summed E-state index contributed by atoms with van der Waals surface area (Å²) in [6, 6.07) is 15.5. The van der Waals surface area contributed by atoms with Gasteiger partial charge >= 0.3 is 5.97 Å². The highest BCUT2D eigenvalue weighted by Gasteiger charge is 2.18. The van der Waals surface area contributed by atoms with E-state index < -0.39 is 12.1 Å². The van der Waals surface area contributed by atoms with E-state index in [0.29, 0.717) is 5.69 Å². The first-order valence-electron chi connectivity index (χ1n) is 9.64. The van der Waals surface area contributed by atoms with Crippen LogP contribution in [0.15, 0.2) is 53.4 Å². The molecule has 1 N–H and O–H groups in total. The van der Waals surface area contributed by atoms with Crippen molar-refractivity contribution < 1.29 is 19.1 Å². The first kappa shape index (κ1) is 21.2. The zero-order chi connectivity index (χ0) is 20.6. The summed E-state index contributed by atoms with van der Waals surface area (Å²) in [5.74, 6) is -0.599. The predicted molar refractivity (Wildman–Crippen MR) is 116 cm³/mol. The zero-order valence-corrected chi connectivity index (χ0v) is 17.5. The van der Waals surface area contributed by atoms with Crippen molar-refractivity contribution in [3.63, 3.8) is 0 Å². The highest BCUT2D eigenvalue weighted by molar-refractivity contribution is 8.00. The third kappa shape index (κ3) is 6.24. The van der Waals surface area contributed by atoms with E-state index in [2.05, 4.69) is 10.2 Å². The van der Waals surface area contributed by atoms with Crippen molar-refractivity contribution in [2.75, 3.05) is 42.3 Å². The standard InChI is InChI=1S/C22H26N2O4S/c1-16-5-3-4-6-20(16)29-15-21(25)28-17(2)22(26)23-18-7-9-19(10-8-18)24-11-13-27-14-12-24/h3-10,17H,11-15H2,1-2H3,(H,23,26)/t17-/m1/s1. The van der Waals surface area contributed by atoms with Gasteiger partial charge < -0.3 is 19.7 Å². The van der Waals surface area contributed by atoms with E-state index in [0.717, 1.165) is 42.4 Å². The van der Waals surface area contributed by atoms with Crippen LogP contribution in [0.1, 0.15) is 12.5 Å². The molecular formula is C22H26N2O4S. The Balaban J connectivity index is 1.45. The van der Waals surface area contributed by atoms with E-state index in [1.165, 1.54) is 11.8 Å². The Hall–Kier alpha value is -2.51. The number of morpholine rings is 1. The number of nitrogens with one attached hydrogen (secondary N) is 1. The number of carbonyl (C=O) groups is 2. The summed E-state index contributed by atoms with van der Waals surface area (Å²) in [6.07, 6.45) is -0.862. The predicted octanol–water partition coefficient (Wildman–Crippen LogP) is 3.49. The van der Waals surface area contributed by atoms with Crippen molar-refractivity contribution in [1.29, 1.82) is 0 Å². The molecule has 0 aliphatic carbocycles. The van der Waals surface area contributed by atoms with Gasteiger partial charge in [-0.15, -0.1) is 11.8 Å². The van der Waals surface area contributed by atoms with Crippen molar-refractivity contribution in [2.45, 2.75) is 24.8 Å². The van der Waals surface area contributed by atoms with Crippen LogP contribution in [0.4, 0.5) is 11.4 Å². The first-order chi connectivity index (χ1) is 14.0. The fourth-order valence-corrected chi connectivity index (χ4v) is 3.77. The number of carbonyl (C=O) groups excluding carboxylic acids is 2. The monoisotopic (exact) mass is 414 g/mol. The first-order valence-corrected chi connectivity index (χ1v) is 10.6. The fourth-order valence-electron chi connectivity index (χ4n) is 2.96. The number of esters is 1. The van der Waals surface area contributed by atoms with Crippen LogP contribution in [0.5, 0.6) is 0 Å². The average Bonchev–Trinajstić information content (AvgIpc) is 2.74. The van der Waals surface area contributed by atoms with Crippen LogP contribution >= 0.6 is 11.8 Å². The molecule has 0 radical (unpaired) electrons. The Kier molecular flexibility index (Phi) is 7.55. The van der Waals surface area contributed by atoms with Gasteiger partial charge in [-0.1, -0.05) is 18.2 Å². The van der Waals surface area contributed by atoms with Gasteiger partial charge in [0.15, 0.2) is 6.10 Å². The van der Waals surface area contributed by atoms with E-state index in [-0.39, 0.29) is 11.7 Å². The highest BCUT2D eigenvalue weighted by atomic mass is 32.2. The molecule has 2 aromatic carbocycles. The Morgan fingerprint density at radius 2 is 1.83 bits per heavy atom. The molecule has 29 heavy (non-hydrogen) atoms. The maximum atomic E-state index is 12.3. The van der Waals surface area contributed by atoms with Gasteiger partial charge in [0, 0.05) is 29.4 Å². The lowest BCUT2D eigenvalue weighted by Gasteiger charge is -2.28. The molecule has 1 fully saturated rings. The van der Waals surface area contributed by atoms with Gasteiger partial charge in [-0.2, -0.15) is 0 Å². The minimum Gasteiger partial charge on any atom is -0.452 e. The lowest BCUT2D eigenvalue weighted by atomic mass is 10.2. The lowest BCUT2D eigenvalue weighted by molar-refractivity contribution is -0.150. The molecule has 0 aromatic heterocycles. The summed E-state index contributed by atoms with van der Waals surface area (Å²) in [7, 11) is 0. The van der Waals surface area contributed by atoms with E-state index in [1.54, 1.807) is 6.92 Å². The molecule has 1 heterocycles. The summed E-state index contributed by atoms with van der Waals surface area (Å²) in [6.45, 7) is 6.74. The maximum Gasteiger partial charge on any atom is 0.317 e. The molecule has 1 saturated heterocycles. The van der Waals surface area contributed by atoms with Gasteiger partial charge in [-0.05, 0) is 49.7 Å². The molecule has 1 amide bonds. The van der Waals surface area contributed by atoms with Crippen LogP contribution in [-0.4, -0.2) is 50.0 Å². The van der Waals surface area contributed by atoms with Gasteiger partial charge in [0.1, 0.15) is 0 Å². The van der Waals surface area contributed by atoms with Crippen molar-refractivity contribution in [1.82, 2.24) is 0 Å². The molecule has 0 bridgehead atoms. The molecule has 0 unspecified atom stereocenters. The molecule has 1 aliphatic heterocycles. The molecule has 6 nitrogen and oxygen atoms in total. The molecular weight excluding hydrogens is 388 g/mol. The topological polar surface area (TPSA) is 67.9 Å². The smallest absolute Gasteiger partial charge is 0.317 e. The van der Waals surface area contributed by atoms with Crippen molar-refractivity contribution in [3.05, 3.63) is 54.1 Å². The van der Waals surface area contributed by atoms with Crippen LogP contribution < -0.4 is 10.2 Å². The van der Waals surface area contributed by atoms with Crippen LogP contribution in [0, 0.1) is 6.92 Å². The highest BCUT2D eigenvalue weighted by Crippen LogP contribution is 2.22. The summed E-state index contributed by atoms with van der Waals surface area (Å²) < 4.78 is 10.6. The number of ether oxygens (including phenoxy) is 2. The zero-order valence-electron chi connectivity index (χ0n) is 16.7. The van der Waals surface area contributed by atoms with Gasteiger partial charge in [0.25, 0.3) is 5.91 Å². The number of rotatable bonds is 7. The second-order valence-electron chi connectivity index (χ2n) is 6.82. The summed E-state index contributed by atoms with van der Waals surface area (Å²) in [5, 5.41) is 2.79. The minimum absolute atomic E-state index is 0.163. The van der Waals surface area contributed by atoms with Crippen LogP contribution in [-0.2, 0) is 19.1 Å². The van der Waals surface area contributed by atoms with Gasteiger partial charge in [-0.3, -0.25) is 9.59 Å². The number of hydrogen-bond donors (Lipinski definition) is 1. The summed E-state index contributed by atoms with van der Waals surface area (Å²) in [5.41, 5.74) is 2.87. The van der Waals surface area contributed by atoms with Crippen LogP contribution in [0.25, 0.3) is 0 Å². The molecule has 1 atom stereocenters. The number of thioether (sulfide) groups is 1. The molecule has 1 aliphatic rings. The van der Waals surface area contributed by atoms with Crippen molar-refractivity contribution >= 4 is 35.0 Å². The van der Waals surface area contributed by atoms with Crippen molar-refractivity contribution in [3.8, 4) is 0 Å². The van der Waals surface area contributed by atoms with Crippen LogP contribution in [0.3, 0.4) is 0 Å². The van der Waals surface area contributed by atoms with E-state index in [4.69, 9.17) is 9.47 Å². The Morgan fingerprint density at radius 1 is 1.14 bits per heavy atom.